The Morgan fingerprint density at radius 3 is 2.57 bits per heavy atom. The first-order valence-corrected chi connectivity index (χ1v) is 9.41. The summed E-state index contributed by atoms with van der Waals surface area (Å²) in [4.78, 5) is 37.0. The van der Waals surface area contributed by atoms with Gasteiger partial charge in [0.2, 0.25) is 11.9 Å². The van der Waals surface area contributed by atoms with E-state index in [9.17, 15) is 9.59 Å². The highest BCUT2D eigenvalue weighted by Gasteiger charge is 2.23. The monoisotopic (exact) mass is 397 g/mol. The van der Waals surface area contributed by atoms with Gasteiger partial charge in [0.25, 0.3) is 0 Å². The van der Waals surface area contributed by atoms with Gasteiger partial charge in [-0.05, 0) is 25.1 Å². The predicted molar refractivity (Wildman–Crippen MR) is 105 cm³/mol. The zero-order chi connectivity index (χ0) is 20.1. The third-order valence-corrected chi connectivity index (χ3v) is 4.82. The summed E-state index contributed by atoms with van der Waals surface area (Å²) in [6.07, 6.45) is 0.330. The van der Waals surface area contributed by atoms with E-state index in [-0.39, 0.29) is 24.5 Å². The zero-order valence-corrected chi connectivity index (χ0v) is 16.3. The third-order valence-electron chi connectivity index (χ3n) is 4.58. The van der Waals surface area contributed by atoms with E-state index in [0.29, 0.717) is 48.4 Å². The van der Waals surface area contributed by atoms with E-state index in [1.54, 1.807) is 35.2 Å². The lowest BCUT2D eigenvalue weighted by atomic mass is 10.1. The van der Waals surface area contributed by atoms with E-state index < -0.39 is 0 Å². The van der Waals surface area contributed by atoms with E-state index in [4.69, 9.17) is 16.9 Å². The molecule has 1 aromatic carbocycles. The van der Waals surface area contributed by atoms with Crippen molar-refractivity contribution in [3.63, 3.8) is 0 Å². The molecule has 0 spiro atoms. The van der Waals surface area contributed by atoms with Crippen LogP contribution in [0.5, 0.6) is 0 Å². The third kappa shape index (κ3) is 4.84. The number of amides is 1. The highest BCUT2D eigenvalue weighted by molar-refractivity contribution is 6.31. The molecule has 0 N–H and O–H groups in total. The Hall–Kier alpha value is -2.98. The summed E-state index contributed by atoms with van der Waals surface area (Å²) in [5.41, 5.74) is 1.59. The molecule has 3 rings (SSSR count). The number of hydrogen-bond acceptors (Lipinski definition) is 6. The summed E-state index contributed by atoms with van der Waals surface area (Å²) in [6, 6.07) is 10.4. The molecule has 0 aliphatic carbocycles. The van der Waals surface area contributed by atoms with Gasteiger partial charge in [0.1, 0.15) is 11.8 Å². The van der Waals surface area contributed by atoms with Gasteiger partial charge in [-0.2, -0.15) is 5.26 Å². The van der Waals surface area contributed by atoms with Crippen molar-refractivity contribution in [3.05, 3.63) is 52.3 Å². The molecule has 0 unspecified atom stereocenters. The minimum atomic E-state index is -0.0910. The van der Waals surface area contributed by atoms with Crippen molar-refractivity contribution in [2.45, 2.75) is 19.8 Å². The normalized spacial score (nSPS) is 13.9. The van der Waals surface area contributed by atoms with Crippen LogP contribution in [0.1, 0.15) is 34.6 Å². The van der Waals surface area contributed by atoms with Crippen LogP contribution >= 0.6 is 11.6 Å². The molecule has 28 heavy (non-hydrogen) atoms. The SMILES string of the molecule is Cc1cc(C#N)nc(N2CCN(C(=O)CCC(=O)c3cccc(Cl)c3)CC2)n1. The summed E-state index contributed by atoms with van der Waals surface area (Å²) in [5, 5.41) is 9.56. The molecule has 8 heteroatoms. The second kappa shape index (κ2) is 8.81. The minimum absolute atomic E-state index is 0.0436. The maximum atomic E-state index is 12.5. The molecule has 1 amide bonds. The molecule has 0 radical (unpaired) electrons. The average Bonchev–Trinajstić information content (AvgIpc) is 2.71. The number of halogens is 1. The van der Waals surface area contributed by atoms with Crippen LogP contribution in [0.4, 0.5) is 5.95 Å². The van der Waals surface area contributed by atoms with Gasteiger partial charge in [-0.15, -0.1) is 0 Å². The lowest BCUT2D eigenvalue weighted by molar-refractivity contribution is -0.131. The standard InChI is InChI=1S/C20H20ClN5O2/c1-14-11-17(13-22)24-20(23-14)26-9-7-25(8-10-26)19(28)6-5-18(27)15-3-2-4-16(21)12-15/h2-4,11-12H,5-10H2,1H3. The number of anilines is 1. The number of carbonyl (C=O) groups is 2. The van der Waals surface area contributed by atoms with Crippen molar-refractivity contribution in [2.75, 3.05) is 31.1 Å². The maximum absolute atomic E-state index is 12.5. The van der Waals surface area contributed by atoms with E-state index in [2.05, 4.69) is 9.97 Å². The molecule has 0 saturated carbocycles. The molecule has 0 bridgehead atoms. The first-order chi connectivity index (χ1) is 13.5. The van der Waals surface area contributed by atoms with Crippen molar-refractivity contribution in [1.82, 2.24) is 14.9 Å². The second-order valence-corrected chi connectivity index (χ2v) is 7.04. The van der Waals surface area contributed by atoms with Gasteiger partial charge in [0, 0.05) is 55.3 Å². The molecule has 144 valence electrons. The zero-order valence-electron chi connectivity index (χ0n) is 15.6. The van der Waals surface area contributed by atoms with Crippen molar-refractivity contribution in [1.29, 1.82) is 5.26 Å². The quantitative estimate of drug-likeness (QED) is 0.720. The van der Waals surface area contributed by atoms with Crippen molar-refractivity contribution >= 4 is 29.2 Å². The minimum Gasteiger partial charge on any atom is -0.339 e. The van der Waals surface area contributed by atoms with Crippen LogP contribution < -0.4 is 4.90 Å². The van der Waals surface area contributed by atoms with Gasteiger partial charge in [-0.1, -0.05) is 23.7 Å². The molecule has 2 heterocycles. The first kappa shape index (κ1) is 19.8. The van der Waals surface area contributed by atoms with Gasteiger partial charge in [-0.3, -0.25) is 9.59 Å². The fraction of sp³-hybridized carbons (Fsp3) is 0.350. The number of rotatable bonds is 5. The Labute approximate surface area is 168 Å². The fourth-order valence-electron chi connectivity index (χ4n) is 3.09. The Morgan fingerprint density at radius 1 is 1.14 bits per heavy atom. The number of piperazine rings is 1. The van der Waals surface area contributed by atoms with Crippen LogP contribution in [-0.4, -0.2) is 52.7 Å². The first-order valence-electron chi connectivity index (χ1n) is 9.03. The van der Waals surface area contributed by atoms with Crippen LogP contribution in [0.3, 0.4) is 0 Å². The number of Topliss-reactive ketones (excluding diaryl/α,β-unsaturated/α-hetero) is 1. The van der Waals surface area contributed by atoms with Crippen LogP contribution in [0.2, 0.25) is 5.02 Å². The molecule has 1 saturated heterocycles. The molecular formula is C20H20ClN5O2. The van der Waals surface area contributed by atoms with Crippen LogP contribution in [0.15, 0.2) is 30.3 Å². The van der Waals surface area contributed by atoms with E-state index in [1.807, 2.05) is 17.9 Å². The highest BCUT2D eigenvalue weighted by atomic mass is 35.5. The molecule has 7 nitrogen and oxygen atoms in total. The van der Waals surface area contributed by atoms with Crippen LogP contribution in [0, 0.1) is 18.3 Å². The van der Waals surface area contributed by atoms with E-state index in [0.717, 1.165) is 5.69 Å². The number of ketones is 1. The van der Waals surface area contributed by atoms with E-state index in [1.165, 1.54) is 0 Å². The summed E-state index contributed by atoms with van der Waals surface area (Å²) in [7, 11) is 0. The van der Waals surface area contributed by atoms with Crippen LogP contribution in [-0.2, 0) is 4.79 Å². The Kier molecular flexibility index (Phi) is 6.22. The summed E-state index contributed by atoms with van der Waals surface area (Å²) >= 11 is 5.91. The summed E-state index contributed by atoms with van der Waals surface area (Å²) in [5.74, 6) is 0.379. The van der Waals surface area contributed by atoms with Crippen molar-refractivity contribution in [2.24, 2.45) is 0 Å². The molecule has 1 aliphatic heterocycles. The molecule has 1 fully saturated rings. The van der Waals surface area contributed by atoms with Gasteiger partial charge >= 0.3 is 0 Å². The largest absolute Gasteiger partial charge is 0.339 e. The Morgan fingerprint density at radius 2 is 1.89 bits per heavy atom. The average molecular weight is 398 g/mol. The van der Waals surface area contributed by atoms with Crippen molar-refractivity contribution in [3.8, 4) is 6.07 Å². The Balaban J connectivity index is 1.52. The lowest BCUT2D eigenvalue weighted by Gasteiger charge is -2.34. The predicted octanol–water partition coefficient (Wildman–Crippen LogP) is 2.62. The van der Waals surface area contributed by atoms with Crippen molar-refractivity contribution < 1.29 is 9.59 Å². The number of aryl methyl sites for hydroxylation is 1. The topological polar surface area (TPSA) is 90.2 Å². The van der Waals surface area contributed by atoms with Crippen LogP contribution in [0.25, 0.3) is 0 Å². The molecule has 1 aromatic heterocycles. The molecule has 2 aromatic rings. The molecule has 0 atom stereocenters. The van der Waals surface area contributed by atoms with E-state index >= 15 is 0 Å². The fourth-order valence-corrected chi connectivity index (χ4v) is 3.28. The number of nitriles is 1. The number of benzene rings is 1. The lowest BCUT2D eigenvalue weighted by Crippen LogP contribution is -2.49. The smallest absolute Gasteiger partial charge is 0.226 e. The summed E-state index contributed by atoms with van der Waals surface area (Å²) in [6.45, 7) is 4.06. The maximum Gasteiger partial charge on any atom is 0.226 e. The van der Waals surface area contributed by atoms with Gasteiger partial charge < -0.3 is 9.80 Å². The molecular weight excluding hydrogens is 378 g/mol. The summed E-state index contributed by atoms with van der Waals surface area (Å²) < 4.78 is 0. The number of carbonyl (C=O) groups excluding carboxylic acids is 2. The number of nitrogens with zero attached hydrogens (tertiary/aromatic N) is 5. The number of hydrogen-bond donors (Lipinski definition) is 0. The Bertz CT molecular complexity index is 932. The molecule has 1 aliphatic rings. The second-order valence-electron chi connectivity index (χ2n) is 6.61. The van der Waals surface area contributed by atoms with Gasteiger partial charge in [0.15, 0.2) is 5.78 Å². The number of aromatic nitrogens is 2. The van der Waals surface area contributed by atoms with Gasteiger partial charge in [0.05, 0.1) is 0 Å². The highest BCUT2D eigenvalue weighted by Crippen LogP contribution is 2.16. The van der Waals surface area contributed by atoms with Gasteiger partial charge in [-0.25, -0.2) is 9.97 Å².